The molecule has 3 nitrogen and oxygen atoms in total. The largest absolute Gasteiger partial charge is 0.497 e. The van der Waals surface area contributed by atoms with Gasteiger partial charge in [0.15, 0.2) is 0 Å². The van der Waals surface area contributed by atoms with Gasteiger partial charge < -0.3 is 15.8 Å². The zero-order chi connectivity index (χ0) is 20.1. The Kier molecular flexibility index (Phi) is 5.86. The van der Waals surface area contributed by atoms with Crippen molar-refractivity contribution in [1.82, 2.24) is 0 Å². The maximum absolute atomic E-state index is 6.27. The van der Waals surface area contributed by atoms with Crippen molar-refractivity contribution in [3.63, 3.8) is 0 Å². The summed E-state index contributed by atoms with van der Waals surface area (Å²) < 4.78 is 5.42. The molecule has 3 N–H and O–H groups in total. The summed E-state index contributed by atoms with van der Waals surface area (Å²) in [5, 5.41) is 3.73. The van der Waals surface area contributed by atoms with E-state index in [0.29, 0.717) is 12.6 Å². The van der Waals surface area contributed by atoms with E-state index in [1.54, 1.807) is 7.11 Å². The first-order chi connectivity index (χ1) is 14.2. The van der Waals surface area contributed by atoms with Gasteiger partial charge in [-0.2, -0.15) is 0 Å². The fourth-order valence-corrected chi connectivity index (χ4v) is 4.50. The molecule has 0 unspecified atom stereocenters. The van der Waals surface area contributed by atoms with Crippen molar-refractivity contribution in [3.8, 4) is 16.9 Å². The van der Waals surface area contributed by atoms with Crippen LogP contribution in [0.25, 0.3) is 11.1 Å². The zero-order valence-electron chi connectivity index (χ0n) is 17.1. The van der Waals surface area contributed by atoms with E-state index in [2.05, 4.69) is 78.1 Å². The molecule has 0 heterocycles. The summed E-state index contributed by atoms with van der Waals surface area (Å²) in [6, 6.07) is 28.2. The summed E-state index contributed by atoms with van der Waals surface area (Å²) in [5.41, 5.74) is 11.3. The van der Waals surface area contributed by atoms with Crippen LogP contribution in [0, 0.1) is 0 Å². The lowest BCUT2D eigenvalue weighted by Gasteiger charge is -2.40. The van der Waals surface area contributed by atoms with Crippen LogP contribution in [0.3, 0.4) is 0 Å². The number of anilines is 1. The van der Waals surface area contributed by atoms with E-state index in [4.69, 9.17) is 10.5 Å². The highest BCUT2D eigenvalue weighted by molar-refractivity contribution is 5.66. The van der Waals surface area contributed by atoms with E-state index in [0.717, 1.165) is 31.4 Å². The molecule has 0 aromatic heterocycles. The minimum Gasteiger partial charge on any atom is -0.497 e. The van der Waals surface area contributed by atoms with Gasteiger partial charge in [-0.25, -0.2) is 0 Å². The molecule has 3 aromatic carbocycles. The molecule has 29 heavy (non-hydrogen) atoms. The second-order valence-corrected chi connectivity index (χ2v) is 8.08. The van der Waals surface area contributed by atoms with Crippen LogP contribution in [-0.2, 0) is 5.41 Å². The topological polar surface area (TPSA) is 47.3 Å². The average molecular weight is 387 g/mol. The third-order valence-electron chi connectivity index (χ3n) is 6.38. The van der Waals surface area contributed by atoms with Crippen LogP contribution in [0.1, 0.15) is 31.2 Å². The fourth-order valence-electron chi connectivity index (χ4n) is 4.50. The van der Waals surface area contributed by atoms with Gasteiger partial charge >= 0.3 is 0 Å². The van der Waals surface area contributed by atoms with Crippen molar-refractivity contribution >= 4 is 5.69 Å². The third-order valence-corrected chi connectivity index (χ3v) is 6.38. The standard InChI is InChI=1S/C26H30N2O/c1-29-25-9-5-8-22(18-25)26(19-27)16-14-24(15-17-26)28-23-12-10-21(11-13-23)20-6-3-2-4-7-20/h2-13,18,24,28H,14-17,19,27H2,1H3/t24-,26-. The molecule has 0 amide bonds. The van der Waals surface area contributed by atoms with Crippen molar-refractivity contribution in [2.75, 3.05) is 19.0 Å². The summed E-state index contributed by atoms with van der Waals surface area (Å²) in [6.07, 6.45) is 4.43. The van der Waals surface area contributed by atoms with Gasteiger partial charge in [0, 0.05) is 23.7 Å². The Balaban J connectivity index is 1.40. The molecular weight excluding hydrogens is 356 g/mol. The van der Waals surface area contributed by atoms with E-state index in [1.807, 2.05) is 6.07 Å². The summed E-state index contributed by atoms with van der Waals surface area (Å²) in [6.45, 7) is 0.679. The first-order valence-electron chi connectivity index (χ1n) is 10.5. The molecule has 150 valence electrons. The number of hydrogen-bond acceptors (Lipinski definition) is 3. The summed E-state index contributed by atoms with van der Waals surface area (Å²) >= 11 is 0. The van der Waals surface area contributed by atoms with Crippen molar-refractivity contribution < 1.29 is 4.74 Å². The van der Waals surface area contributed by atoms with Gasteiger partial charge in [0.2, 0.25) is 0 Å². The molecule has 1 aliphatic rings. The molecule has 0 spiro atoms. The van der Waals surface area contributed by atoms with E-state index >= 15 is 0 Å². The van der Waals surface area contributed by atoms with Gasteiger partial charge in [0.05, 0.1) is 7.11 Å². The first kappa shape index (κ1) is 19.5. The zero-order valence-corrected chi connectivity index (χ0v) is 17.1. The predicted octanol–water partition coefficient (Wildman–Crippen LogP) is 5.61. The SMILES string of the molecule is COc1cccc([C@]2(CN)CC[C@@H](Nc3ccc(-c4ccccc4)cc3)CC2)c1. The molecule has 3 aromatic rings. The van der Waals surface area contributed by atoms with E-state index in [1.165, 1.54) is 22.4 Å². The number of nitrogens with two attached hydrogens (primary N) is 1. The van der Waals surface area contributed by atoms with Gasteiger partial charge in [-0.1, -0.05) is 54.6 Å². The lowest BCUT2D eigenvalue weighted by Crippen LogP contribution is -2.41. The van der Waals surface area contributed by atoms with Crippen molar-refractivity contribution in [3.05, 3.63) is 84.4 Å². The summed E-state index contributed by atoms with van der Waals surface area (Å²) in [4.78, 5) is 0. The molecule has 0 aliphatic heterocycles. The number of methoxy groups -OCH3 is 1. The minimum absolute atomic E-state index is 0.0594. The second kappa shape index (κ2) is 8.71. The molecule has 3 heteroatoms. The van der Waals surface area contributed by atoms with Gasteiger partial charge in [0.25, 0.3) is 0 Å². The Morgan fingerprint density at radius 1 is 0.897 bits per heavy atom. The van der Waals surface area contributed by atoms with Crippen LogP contribution >= 0.6 is 0 Å². The number of ether oxygens (including phenoxy) is 1. The van der Waals surface area contributed by atoms with Crippen molar-refractivity contribution in [1.29, 1.82) is 0 Å². The maximum Gasteiger partial charge on any atom is 0.119 e. The minimum atomic E-state index is 0.0594. The van der Waals surface area contributed by atoms with Gasteiger partial charge in [-0.15, -0.1) is 0 Å². The van der Waals surface area contributed by atoms with Crippen LogP contribution < -0.4 is 15.8 Å². The summed E-state index contributed by atoms with van der Waals surface area (Å²) in [5.74, 6) is 0.911. The Hall–Kier alpha value is -2.78. The van der Waals surface area contributed by atoms with Gasteiger partial charge in [0.1, 0.15) is 5.75 Å². The Labute approximate surface area is 173 Å². The Morgan fingerprint density at radius 3 is 2.24 bits per heavy atom. The monoisotopic (exact) mass is 386 g/mol. The fraction of sp³-hybridized carbons (Fsp3) is 0.308. The molecular formula is C26H30N2O. The molecule has 0 bridgehead atoms. The lowest BCUT2D eigenvalue weighted by atomic mass is 9.68. The molecule has 0 saturated heterocycles. The molecule has 0 atom stereocenters. The number of nitrogens with one attached hydrogen (secondary N) is 1. The van der Waals surface area contributed by atoms with Crippen molar-refractivity contribution in [2.45, 2.75) is 37.1 Å². The van der Waals surface area contributed by atoms with Gasteiger partial charge in [-0.05, 0) is 66.6 Å². The predicted molar refractivity (Wildman–Crippen MR) is 121 cm³/mol. The lowest BCUT2D eigenvalue weighted by molar-refractivity contribution is 0.284. The Bertz CT molecular complexity index is 913. The third kappa shape index (κ3) is 4.30. The van der Waals surface area contributed by atoms with Crippen LogP contribution in [0.15, 0.2) is 78.9 Å². The molecule has 1 aliphatic carbocycles. The maximum atomic E-state index is 6.27. The highest BCUT2D eigenvalue weighted by Gasteiger charge is 2.36. The van der Waals surface area contributed by atoms with Crippen LogP contribution in [-0.4, -0.2) is 19.7 Å². The Morgan fingerprint density at radius 2 is 1.59 bits per heavy atom. The smallest absolute Gasteiger partial charge is 0.119 e. The van der Waals surface area contributed by atoms with Crippen LogP contribution in [0.5, 0.6) is 5.75 Å². The highest BCUT2D eigenvalue weighted by atomic mass is 16.5. The second-order valence-electron chi connectivity index (χ2n) is 8.08. The molecule has 0 radical (unpaired) electrons. The molecule has 1 saturated carbocycles. The number of rotatable bonds is 6. The summed E-state index contributed by atoms with van der Waals surface area (Å²) in [7, 11) is 1.72. The van der Waals surface area contributed by atoms with E-state index in [9.17, 15) is 0 Å². The first-order valence-corrected chi connectivity index (χ1v) is 10.5. The van der Waals surface area contributed by atoms with E-state index in [-0.39, 0.29) is 5.41 Å². The normalized spacial score (nSPS) is 21.5. The van der Waals surface area contributed by atoms with Crippen LogP contribution in [0.2, 0.25) is 0 Å². The van der Waals surface area contributed by atoms with Gasteiger partial charge in [-0.3, -0.25) is 0 Å². The highest BCUT2D eigenvalue weighted by Crippen LogP contribution is 2.40. The van der Waals surface area contributed by atoms with Crippen LogP contribution in [0.4, 0.5) is 5.69 Å². The number of benzene rings is 3. The quantitative estimate of drug-likeness (QED) is 0.578. The van der Waals surface area contributed by atoms with E-state index < -0.39 is 0 Å². The average Bonchev–Trinajstić information content (AvgIpc) is 2.81. The molecule has 4 rings (SSSR count). The van der Waals surface area contributed by atoms with Crippen molar-refractivity contribution in [2.24, 2.45) is 5.73 Å². The number of hydrogen-bond donors (Lipinski definition) is 2. The molecule has 1 fully saturated rings.